The van der Waals surface area contributed by atoms with Crippen molar-refractivity contribution in [3.8, 4) is 0 Å². The fourth-order valence-corrected chi connectivity index (χ4v) is 2.26. The highest BCUT2D eigenvalue weighted by atomic mass is 35.5. The predicted octanol–water partition coefficient (Wildman–Crippen LogP) is 0.698. The van der Waals surface area contributed by atoms with Crippen LogP contribution in [-0.2, 0) is 9.53 Å². The summed E-state index contributed by atoms with van der Waals surface area (Å²) in [7, 11) is 1.61. The second-order valence-corrected chi connectivity index (χ2v) is 4.82. The molecule has 0 spiro atoms. The number of hydrogen-bond acceptors (Lipinski definition) is 5. The Kier molecular flexibility index (Phi) is 4.21. The highest BCUT2D eigenvalue weighted by molar-refractivity contribution is 6.30. The number of aromatic nitrogens is 2. The van der Waals surface area contributed by atoms with Crippen LogP contribution in [0.15, 0.2) is 0 Å². The van der Waals surface area contributed by atoms with Gasteiger partial charge in [0.1, 0.15) is 6.04 Å². The van der Waals surface area contributed by atoms with Crippen LogP contribution in [0.1, 0.15) is 11.1 Å². The number of morpholine rings is 1. The van der Waals surface area contributed by atoms with E-state index in [-0.39, 0.29) is 11.9 Å². The fraction of sp³-hybridized carbons (Fsp3) is 0.583. The predicted molar refractivity (Wildman–Crippen MR) is 72.5 cm³/mol. The normalized spacial score (nSPS) is 19.4. The first-order valence-corrected chi connectivity index (χ1v) is 6.49. The highest BCUT2D eigenvalue weighted by Crippen LogP contribution is 2.26. The van der Waals surface area contributed by atoms with Gasteiger partial charge in [-0.15, -0.1) is 10.2 Å². The first kappa shape index (κ1) is 14.0. The Morgan fingerprint density at radius 2 is 2.16 bits per heavy atom. The van der Waals surface area contributed by atoms with Crippen LogP contribution in [0, 0.1) is 13.8 Å². The van der Waals surface area contributed by atoms with Gasteiger partial charge in [-0.2, -0.15) is 0 Å². The van der Waals surface area contributed by atoms with Gasteiger partial charge in [-0.05, 0) is 25.0 Å². The van der Waals surface area contributed by atoms with E-state index in [1.807, 2.05) is 18.7 Å². The van der Waals surface area contributed by atoms with E-state index in [0.717, 1.165) is 11.1 Å². The average Bonchev–Trinajstić information content (AvgIpc) is 2.44. The van der Waals surface area contributed by atoms with E-state index >= 15 is 0 Å². The molecule has 0 aromatic carbocycles. The average molecular weight is 285 g/mol. The van der Waals surface area contributed by atoms with Gasteiger partial charge in [-0.1, -0.05) is 11.6 Å². The standard InChI is InChI=1S/C12H17ClN4O2/c1-7-8(2)11(16-15-10(7)13)17-4-5-19-6-9(17)12(18)14-3/h9H,4-6H2,1-3H3,(H,14,18). The van der Waals surface area contributed by atoms with Gasteiger partial charge < -0.3 is 15.0 Å². The van der Waals surface area contributed by atoms with Crippen LogP contribution in [0.25, 0.3) is 0 Å². The Bertz CT molecular complexity index is 495. The van der Waals surface area contributed by atoms with Gasteiger partial charge in [0.25, 0.3) is 0 Å². The van der Waals surface area contributed by atoms with Crippen molar-refractivity contribution in [3.05, 3.63) is 16.3 Å². The van der Waals surface area contributed by atoms with Gasteiger partial charge in [0, 0.05) is 13.6 Å². The van der Waals surface area contributed by atoms with Crippen LogP contribution in [0.2, 0.25) is 5.15 Å². The van der Waals surface area contributed by atoms with Crippen molar-refractivity contribution in [1.29, 1.82) is 0 Å². The van der Waals surface area contributed by atoms with Crippen LogP contribution >= 0.6 is 11.6 Å². The number of ether oxygens (including phenoxy) is 1. The molecule has 0 bridgehead atoms. The summed E-state index contributed by atoms with van der Waals surface area (Å²) in [5.41, 5.74) is 1.82. The van der Waals surface area contributed by atoms with E-state index in [9.17, 15) is 4.79 Å². The first-order chi connectivity index (χ1) is 9.06. The molecule has 1 atom stereocenters. The number of nitrogens with zero attached hydrogens (tertiary/aromatic N) is 3. The Labute approximate surface area is 117 Å². The molecule has 6 nitrogen and oxygen atoms in total. The summed E-state index contributed by atoms with van der Waals surface area (Å²) >= 11 is 5.95. The zero-order chi connectivity index (χ0) is 14.0. The largest absolute Gasteiger partial charge is 0.377 e. The summed E-state index contributed by atoms with van der Waals surface area (Å²) in [5.74, 6) is 0.604. The van der Waals surface area contributed by atoms with Crippen molar-refractivity contribution < 1.29 is 9.53 Å². The molecule has 1 aromatic rings. The molecule has 1 amide bonds. The first-order valence-electron chi connectivity index (χ1n) is 6.11. The molecule has 1 N–H and O–H groups in total. The lowest BCUT2D eigenvalue weighted by Crippen LogP contribution is -2.54. The quantitative estimate of drug-likeness (QED) is 0.866. The third-order valence-electron chi connectivity index (χ3n) is 3.39. The highest BCUT2D eigenvalue weighted by Gasteiger charge is 2.31. The lowest BCUT2D eigenvalue weighted by atomic mass is 10.1. The molecule has 0 aliphatic carbocycles. The molecule has 0 radical (unpaired) electrons. The molecule has 104 valence electrons. The van der Waals surface area contributed by atoms with Gasteiger partial charge in [0.05, 0.1) is 13.2 Å². The summed E-state index contributed by atoms with van der Waals surface area (Å²) in [6.07, 6.45) is 0. The maximum Gasteiger partial charge on any atom is 0.244 e. The molecule has 1 unspecified atom stereocenters. The third kappa shape index (κ3) is 2.64. The summed E-state index contributed by atoms with van der Waals surface area (Å²) in [6, 6.07) is -0.382. The van der Waals surface area contributed by atoms with E-state index < -0.39 is 0 Å². The smallest absolute Gasteiger partial charge is 0.244 e. The molecule has 1 saturated heterocycles. The van der Waals surface area contributed by atoms with Gasteiger partial charge in [0.15, 0.2) is 11.0 Å². The minimum atomic E-state index is -0.382. The van der Waals surface area contributed by atoms with Crippen LogP contribution in [0.3, 0.4) is 0 Å². The van der Waals surface area contributed by atoms with Crippen molar-refractivity contribution in [1.82, 2.24) is 15.5 Å². The topological polar surface area (TPSA) is 67.3 Å². The number of carbonyl (C=O) groups excluding carboxylic acids is 1. The minimum absolute atomic E-state index is 0.0893. The number of halogens is 1. The molecular weight excluding hydrogens is 268 g/mol. The fourth-order valence-electron chi connectivity index (χ4n) is 2.08. The molecule has 1 fully saturated rings. The van der Waals surface area contributed by atoms with Crippen molar-refractivity contribution in [2.75, 3.05) is 31.7 Å². The molecule has 7 heteroatoms. The summed E-state index contributed by atoms with van der Waals surface area (Å²) in [5, 5.41) is 11.1. The molecule has 2 heterocycles. The van der Waals surface area contributed by atoms with Gasteiger partial charge in [-0.3, -0.25) is 4.79 Å². The lowest BCUT2D eigenvalue weighted by Gasteiger charge is -2.35. The SMILES string of the molecule is CNC(=O)C1COCCN1c1nnc(Cl)c(C)c1C. The van der Waals surface area contributed by atoms with Gasteiger partial charge in [-0.25, -0.2) is 0 Å². The lowest BCUT2D eigenvalue weighted by molar-refractivity contribution is -0.124. The zero-order valence-electron chi connectivity index (χ0n) is 11.2. The Balaban J connectivity index is 2.38. The number of rotatable bonds is 2. The molecular formula is C12H17ClN4O2. The Hall–Kier alpha value is -1.40. The molecule has 2 rings (SSSR count). The third-order valence-corrected chi connectivity index (χ3v) is 3.75. The number of nitrogens with one attached hydrogen (secondary N) is 1. The maximum absolute atomic E-state index is 11.9. The Morgan fingerprint density at radius 3 is 2.84 bits per heavy atom. The van der Waals surface area contributed by atoms with Crippen LogP contribution < -0.4 is 10.2 Å². The number of carbonyl (C=O) groups is 1. The van der Waals surface area contributed by atoms with E-state index in [1.54, 1.807) is 7.05 Å². The second kappa shape index (κ2) is 5.71. The Morgan fingerprint density at radius 1 is 1.42 bits per heavy atom. The monoisotopic (exact) mass is 284 g/mol. The van der Waals surface area contributed by atoms with Crippen molar-refractivity contribution >= 4 is 23.3 Å². The van der Waals surface area contributed by atoms with Crippen molar-refractivity contribution in [3.63, 3.8) is 0 Å². The van der Waals surface area contributed by atoms with E-state index in [0.29, 0.717) is 30.7 Å². The van der Waals surface area contributed by atoms with Gasteiger partial charge in [0.2, 0.25) is 5.91 Å². The molecule has 1 aliphatic rings. The molecule has 1 aliphatic heterocycles. The number of anilines is 1. The van der Waals surface area contributed by atoms with Crippen molar-refractivity contribution in [2.45, 2.75) is 19.9 Å². The van der Waals surface area contributed by atoms with E-state index in [1.165, 1.54) is 0 Å². The van der Waals surface area contributed by atoms with Crippen molar-refractivity contribution in [2.24, 2.45) is 0 Å². The second-order valence-electron chi connectivity index (χ2n) is 4.46. The van der Waals surface area contributed by atoms with Crippen LogP contribution in [-0.4, -0.2) is 49.0 Å². The number of likely N-dealkylation sites (N-methyl/N-ethyl adjacent to an activating group) is 1. The summed E-state index contributed by atoms with van der Waals surface area (Å²) < 4.78 is 5.37. The molecule has 1 aromatic heterocycles. The molecule has 0 saturated carbocycles. The van der Waals surface area contributed by atoms with Crippen LogP contribution in [0.4, 0.5) is 5.82 Å². The summed E-state index contributed by atoms with van der Waals surface area (Å²) in [4.78, 5) is 13.8. The molecule has 19 heavy (non-hydrogen) atoms. The van der Waals surface area contributed by atoms with Gasteiger partial charge >= 0.3 is 0 Å². The number of hydrogen-bond donors (Lipinski definition) is 1. The van der Waals surface area contributed by atoms with Crippen LogP contribution in [0.5, 0.6) is 0 Å². The maximum atomic E-state index is 11.9. The number of amides is 1. The summed E-state index contributed by atoms with van der Waals surface area (Å²) in [6.45, 7) is 5.35. The minimum Gasteiger partial charge on any atom is -0.377 e. The zero-order valence-corrected chi connectivity index (χ0v) is 12.0. The van der Waals surface area contributed by atoms with E-state index in [2.05, 4.69) is 15.5 Å². The van der Waals surface area contributed by atoms with E-state index in [4.69, 9.17) is 16.3 Å².